The van der Waals surface area contributed by atoms with Crippen LogP contribution in [0.5, 0.6) is 0 Å². The normalized spacial score (nSPS) is 14.6. The number of nitrogens with zero attached hydrogens (tertiary/aromatic N) is 4. The number of carbonyl (C=O) groups excluding carboxylic acids is 1. The van der Waals surface area contributed by atoms with Gasteiger partial charge in [0.15, 0.2) is 0 Å². The summed E-state index contributed by atoms with van der Waals surface area (Å²) in [5, 5.41) is 22.7. The van der Waals surface area contributed by atoms with Gasteiger partial charge in [0, 0.05) is 24.0 Å². The smallest absolute Gasteiger partial charge is 0.416 e. The molecule has 0 unspecified atom stereocenters. The van der Waals surface area contributed by atoms with Crippen LogP contribution >= 0.6 is 0 Å². The van der Waals surface area contributed by atoms with Crippen LogP contribution in [0.4, 0.5) is 13.2 Å². The van der Waals surface area contributed by atoms with Gasteiger partial charge in [-0.2, -0.15) is 23.4 Å². The van der Waals surface area contributed by atoms with E-state index >= 15 is 0 Å². The number of amides is 1. The molecular formula is C28H22F3N5O3. The average Bonchev–Trinajstić information content (AvgIpc) is 3.39. The first-order valence-electron chi connectivity index (χ1n) is 12.2. The summed E-state index contributed by atoms with van der Waals surface area (Å²) in [6.07, 6.45) is 0.390. The molecule has 1 aliphatic carbocycles. The van der Waals surface area contributed by atoms with Gasteiger partial charge in [-0.25, -0.2) is 4.79 Å². The number of carboxylic acid groups (broad SMARTS) is 1. The SMILES string of the molecule is Cn1cc2cc(C(=O)NC3(c4ccc(C(=O)O)cc4)CC3)c3c(cnn3Cc3ccc(C(F)(F)F)cc3)c2n1. The molecular weight excluding hydrogens is 511 g/mol. The summed E-state index contributed by atoms with van der Waals surface area (Å²) in [6.45, 7) is 0.155. The third kappa shape index (κ3) is 4.39. The van der Waals surface area contributed by atoms with E-state index in [1.165, 1.54) is 24.3 Å². The van der Waals surface area contributed by atoms with E-state index in [0.717, 1.165) is 23.1 Å². The second-order valence-corrected chi connectivity index (χ2v) is 9.84. The first-order chi connectivity index (χ1) is 18.5. The number of aromatic carboxylic acids is 1. The van der Waals surface area contributed by atoms with Crippen LogP contribution in [0.15, 0.2) is 67.0 Å². The lowest BCUT2D eigenvalue weighted by Crippen LogP contribution is -2.35. The van der Waals surface area contributed by atoms with Crippen molar-refractivity contribution in [2.75, 3.05) is 0 Å². The highest BCUT2D eigenvalue weighted by molar-refractivity contribution is 6.15. The van der Waals surface area contributed by atoms with Crippen molar-refractivity contribution in [1.29, 1.82) is 0 Å². The van der Waals surface area contributed by atoms with Crippen LogP contribution in [0.2, 0.25) is 0 Å². The van der Waals surface area contributed by atoms with Crippen molar-refractivity contribution in [3.05, 3.63) is 94.8 Å². The molecule has 39 heavy (non-hydrogen) atoms. The Morgan fingerprint density at radius 3 is 2.38 bits per heavy atom. The maximum absolute atomic E-state index is 13.8. The summed E-state index contributed by atoms with van der Waals surface area (Å²) < 4.78 is 42.3. The lowest BCUT2D eigenvalue weighted by molar-refractivity contribution is -0.137. The maximum atomic E-state index is 13.8. The molecule has 0 atom stereocenters. The topological polar surface area (TPSA) is 102 Å². The molecule has 1 amide bonds. The molecule has 2 aromatic heterocycles. The van der Waals surface area contributed by atoms with E-state index in [4.69, 9.17) is 0 Å². The van der Waals surface area contributed by atoms with Crippen LogP contribution in [0.3, 0.4) is 0 Å². The van der Waals surface area contributed by atoms with Gasteiger partial charge in [-0.15, -0.1) is 0 Å². The number of hydrogen-bond acceptors (Lipinski definition) is 4. The number of aryl methyl sites for hydroxylation is 1. The number of alkyl halides is 3. The molecule has 5 aromatic rings. The predicted octanol–water partition coefficient (Wildman–Crippen LogP) is 5.11. The van der Waals surface area contributed by atoms with Gasteiger partial charge in [0.2, 0.25) is 0 Å². The number of nitrogens with one attached hydrogen (secondary N) is 1. The molecule has 6 rings (SSSR count). The molecule has 11 heteroatoms. The quantitative estimate of drug-likeness (QED) is 0.316. The lowest BCUT2D eigenvalue weighted by Gasteiger charge is -2.19. The average molecular weight is 534 g/mol. The molecule has 1 saturated carbocycles. The summed E-state index contributed by atoms with van der Waals surface area (Å²) in [6, 6.07) is 13.1. The van der Waals surface area contributed by atoms with E-state index in [1.54, 1.807) is 47.0 Å². The van der Waals surface area contributed by atoms with Crippen molar-refractivity contribution in [1.82, 2.24) is 24.9 Å². The van der Waals surface area contributed by atoms with Gasteiger partial charge >= 0.3 is 12.1 Å². The van der Waals surface area contributed by atoms with Gasteiger partial charge in [0.1, 0.15) is 5.52 Å². The van der Waals surface area contributed by atoms with Crippen molar-refractivity contribution >= 4 is 33.7 Å². The summed E-state index contributed by atoms with van der Waals surface area (Å²) in [5.41, 5.74) is 1.78. The lowest BCUT2D eigenvalue weighted by atomic mass is 10.0. The first kappa shape index (κ1) is 24.7. The molecule has 8 nitrogen and oxygen atoms in total. The van der Waals surface area contributed by atoms with Gasteiger partial charge in [-0.05, 0) is 54.3 Å². The highest BCUT2D eigenvalue weighted by Crippen LogP contribution is 2.46. The predicted molar refractivity (Wildman–Crippen MR) is 136 cm³/mol. The molecule has 0 saturated heterocycles. The Labute approximate surface area is 219 Å². The van der Waals surface area contributed by atoms with E-state index in [9.17, 15) is 27.9 Å². The summed E-state index contributed by atoms with van der Waals surface area (Å²) >= 11 is 0. The van der Waals surface area contributed by atoms with Gasteiger partial charge in [-0.3, -0.25) is 14.2 Å². The fraction of sp³-hybridized carbons (Fsp3) is 0.214. The summed E-state index contributed by atoms with van der Waals surface area (Å²) in [5.74, 6) is -1.36. The fourth-order valence-corrected chi connectivity index (χ4v) is 4.98. The molecule has 3 aromatic carbocycles. The Bertz CT molecular complexity index is 1750. The van der Waals surface area contributed by atoms with Crippen LogP contribution in [0, 0.1) is 0 Å². The molecule has 0 aliphatic heterocycles. The van der Waals surface area contributed by atoms with Crippen molar-refractivity contribution in [3.63, 3.8) is 0 Å². The third-order valence-electron chi connectivity index (χ3n) is 7.15. The number of aromatic nitrogens is 4. The number of fused-ring (bicyclic) bond motifs is 3. The number of halogens is 3. The first-order valence-corrected chi connectivity index (χ1v) is 12.2. The van der Waals surface area contributed by atoms with Crippen molar-refractivity contribution in [2.45, 2.75) is 31.1 Å². The molecule has 1 aliphatic rings. The molecule has 1 fully saturated rings. The number of benzene rings is 3. The highest BCUT2D eigenvalue weighted by Gasteiger charge is 2.46. The van der Waals surface area contributed by atoms with Crippen molar-refractivity contribution in [3.8, 4) is 0 Å². The minimum Gasteiger partial charge on any atom is -0.478 e. The van der Waals surface area contributed by atoms with E-state index < -0.39 is 23.2 Å². The van der Waals surface area contributed by atoms with E-state index in [0.29, 0.717) is 40.4 Å². The van der Waals surface area contributed by atoms with Crippen LogP contribution < -0.4 is 5.32 Å². The zero-order valence-electron chi connectivity index (χ0n) is 20.7. The fourth-order valence-electron chi connectivity index (χ4n) is 4.98. The van der Waals surface area contributed by atoms with Crippen LogP contribution in [-0.4, -0.2) is 36.5 Å². The number of hydrogen-bond donors (Lipinski definition) is 2. The van der Waals surface area contributed by atoms with Crippen LogP contribution in [-0.2, 0) is 25.3 Å². The second kappa shape index (κ2) is 8.69. The van der Waals surface area contributed by atoms with Crippen molar-refractivity contribution in [2.24, 2.45) is 7.05 Å². The number of rotatable bonds is 6. The Balaban J connectivity index is 1.38. The summed E-state index contributed by atoms with van der Waals surface area (Å²) in [7, 11) is 1.78. The minimum atomic E-state index is -4.43. The maximum Gasteiger partial charge on any atom is 0.416 e. The zero-order valence-corrected chi connectivity index (χ0v) is 20.7. The van der Waals surface area contributed by atoms with E-state index in [1.807, 2.05) is 0 Å². The van der Waals surface area contributed by atoms with Gasteiger partial charge in [-0.1, -0.05) is 24.3 Å². The van der Waals surface area contributed by atoms with Crippen LogP contribution in [0.25, 0.3) is 21.8 Å². The second-order valence-electron chi connectivity index (χ2n) is 9.84. The zero-order chi connectivity index (χ0) is 27.5. The van der Waals surface area contributed by atoms with Gasteiger partial charge in [0.05, 0.1) is 40.5 Å². The molecule has 0 bridgehead atoms. The molecule has 0 spiro atoms. The van der Waals surface area contributed by atoms with Gasteiger partial charge < -0.3 is 10.4 Å². The number of carbonyl (C=O) groups is 2. The van der Waals surface area contributed by atoms with Crippen LogP contribution in [0.1, 0.15) is 50.2 Å². The molecule has 0 radical (unpaired) electrons. The monoisotopic (exact) mass is 533 g/mol. The number of carboxylic acids is 1. The standard InChI is InChI=1S/C28H22F3N5O3/c1-35-15-18-12-21(25(37)33-27(10-11-27)19-8-4-17(5-9-19)26(38)39)24-22(23(18)34-35)13-32-36(24)14-16-2-6-20(7-3-16)28(29,30)31/h2-9,12-13,15H,10-11,14H2,1H3,(H,33,37)(H,38,39). The van der Waals surface area contributed by atoms with E-state index in [2.05, 4.69) is 15.5 Å². The summed E-state index contributed by atoms with van der Waals surface area (Å²) in [4.78, 5) is 25.0. The minimum absolute atomic E-state index is 0.155. The molecule has 198 valence electrons. The van der Waals surface area contributed by atoms with Crippen molar-refractivity contribution < 1.29 is 27.9 Å². The Hall–Kier alpha value is -4.67. The Morgan fingerprint density at radius 1 is 1.08 bits per heavy atom. The van der Waals surface area contributed by atoms with E-state index in [-0.39, 0.29) is 18.0 Å². The third-order valence-corrected chi connectivity index (χ3v) is 7.15. The highest BCUT2D eigenvalue weighted by atomic mass is 19.4. The molecule has 2 N–H and O–H groups in total. The Kier molecular flexibility index (Phi) is 5.49. The molecule has 2 heterocycles. The largest absolute Gasteiger partial charge is 0.478 e. The Morgan fingerprint density at radius 2 is 1.77 bits per heavy atom. The van der Waals surface area contributed by atoms with Gasteiger partial charge in [0.25, 0.3) is 5.91 Å².